The molecule has 0 atom stereocenters. The van der Waals surface area contributed by atoms with E-state index in [0.717, 1.165) is 44.8 Å². The van der Waals surface area contributed by atoms with E-state index in [1.54, 1.807) is 19.4 Å². The Bertz CT molecular complexity index is 769. The van der Waals surface area contributed by atoms with Crippen molar-refractivity contribution in [2.75, 3.05) is 57.9 Å². The number of hydrogen-bond donors (Lipinski definition) is 1. The van der Waals surface area contributed by atoms with Crippen LogP contribution in [-0.2, 0) is 4.74 Å². The Hall–Kier alpha value is -2.70. The van der Waals surface area contributed by atoms with Gasteiger partial charge < -0.3 is 15.0 Å². The third kappa shape index (κ3) is 6.69. The molecule has 1 fully saturated rings. The van der Waals surface area contributed by atoms with E-state index in [0.29, 0.717) is 18.8 Å². The number of aromatic nitrogens is 1. The Labute approximate surface area is 173 Å². The Morgan fingerprint density at radius 3 is 2.62 bits per heavy atom. The number of benzene rings is 1. The van der Waals surface area contributed by atoms with Crippen LogP contribution in [0.4, 0.5) is 5.69 Å². The van der Waals surface area contributed by atoms with Gasteiger partial charge in [-0.1, -0.05) is 42.5 Å². The Morgan fingerprint density at radius 2 is 1.93 bits per heavy atom. The lowest BCUT2D eigenvalue weighted by molar-refractivity contribution is 0.0943. The first-order valence-electron chi connectivity index (χ1n) is 10.2. The molecule has 1 saturated heterocycles. The predicted octanol–water partition coefficient (Wildman–Crippen LogP) is 2.68. The van der Waals surface area contributed by atoms with Crippen molar-refractivity contribution >= 4 is 17.7 Å². The van der Waals surface area contributed by atoms with Gasteiger partial charge in [0.05, 0.1) is 11.9 Å². The number of piperazine rings is 1. The minimum absolute atomic E-state index is 0.136. The largest absolute Gasteiger partial charge is 0.385 e. The fourth-order valence-corrected chi connectivity index (χ4v) is 3.31. The van der Waals surface area contributed by atoms with Crippen LogP contribution in [-0.4, -0.2) is 68.8 Å². The van der Waals surface area contributed by atoms with Crippen molar-refractivity contribution in [1.29, 1.82) is 0 Å². The number of nitrogens with zero attached hydrogens (tertiary/aromatic N) is 3. The summed E-state index contributed by atoms with van der Waals surface area (Å²) in [5.74, 6) is -0.136. The number of rotatable bonds is 9. The SMILES string of the molecule is COCCCNC(=O)c1ccc(N2CCN(C/C=C/c3ccccc3)CC2)cn1. The number of hydrogen-bond acceptors (Lipinski definition) is 5. The van der Waals surface area contributed by atoms with Crippen LogP contribution in [0.15, 0.2) is 54.7 Å². The van der Waals surface area contributed by atoms with Crippen molar-refractivity contribution in [1.82, 2.24) is 15.2 Å². The molecule has 1 aliphatic heterocycles. The van der Waals surface area contributed by atoms with Gasteiger partial charge in [0.1, 0.15) is 5.69 Å². The zero-order chi connectivity index (χ0) is 20.3. The van der Waals surface area contributed by atoms with Gasteiger partial charge in [-0.15, -0.1) is 0 Å². The molecule has 3 rings (SSSR count). The normalized spacial score (nSPS) is 15.0. The molecule has 0 aliphatic carbocycles. The van der Waals surface area contributed by atoms with Gasteiger partial charge in [0.15, 0.2) is 0 Å². The topological polar surface area (TPSA) is 57.7 Å². The predicted molar refractivity (Wildman–Crippen MR) is 117 cm³/mol. The third-order valence-electron chi connectivity index (χ3n) is 5.00. The molecule has 1 amide bonds. The molecule has 1 aromatic heterocycles. The van der Waals surface area contributed by atoms with Crippen LogP contribution in [0, 0.1) is 0 Å². The summed E-state index contributed by atoms with van der Waals surface area (Å²) in [5.41, 5.74) is 2.76. The van der Waals surface area contributed by atoms with Gasteiger partial charge in [-0.05, 0) is 24.1 Å². The highest BCUT2D eigenvalue weighted by atomic mass is 16.5. The van der Waals surface area contributed by atoms with Crippen molar-refractivity contribution in [3.63, 3.8) is 0 Å². The zero-order valence-corrected chi connectivity index (χ0v) is 17.1. The van der Waals surface area contributed by atoms with Crippen LogP contribution in [0.5, 0.6) is 0 Å². The zero-order valence-electron chi connectivity index (χ0n) is 17.1. The second-order valence-electron chi connectivity index (χ2n) is 7.10. The fraction of sp³-hybridized carbons (Fsp3) is 0.391. The molecule has 0 saturated carbocycles. The van der Waals surface area contributed by atoms with Crippen molar-refractivity contribution in [3.8, 4) is 0 Å². The highest BCUT2D eigenvalue weighted by Crippen LogP contribution is 2.16. The molecular weight excluding hydrogens is 364 g/mol. The summed E-state index contributed by atoms with van der Waals surface area (Å²) in [7, 11) is 1.66. The summed E-state index contributed by atoms with van der Waals surface area (Å²) >= 11 is 0. The summed E-state index contributed by atoms with van der Waals surface area (Å²) in [4.78, 5) is 21.2. The number of carbonyl (C=O) groups is 1. The molecule has 6 heteroatoms. The summed E-state index contributed by atoms with van der Waals surface area (Å²) in [5, 5.41) is 2.86. The van der Waals surface area contributed by atoms with Crippen LogP contribution in [0.3, 0.4) is 0 Å². The van der Waals surface area contributed by atoms with Gasteiger partial charge >= 0.3 is 0 Å². The van der Waals surface area contributed by atoms with Crippen LogP contribution in [0.25, 0.3) is 6.08 Å². The van der Waals surface area contributed by atoms with E-state index in [4.69, 9.17) is 4.74 Å². The van der Waals surface area contributed by atoms with Gasteiger partial charge in [0.2, 0.25) is 0 Å². The number of carbonyl (C=O) groups excluding carboxylic acids is 1. The average molecular weight is 395 g/mol. The lowest BCUT2D eigenvalue weighted by Crippen LogP contribution is -2.46. The minimum Gasteiger partial charge on any atom is -0.385 e. The van der Waals surface area contributed by atoms with Gasteiger partial charge in [-0.2, -0.15) is 0 Å². The van der Waals surface area contributed by atoms with Crippen molar-refractivity contribution in [2.24, 2.45) is 0 Å². The molecule has 6 nitrogen and oxygen atoms in total. The molecule has 0 radical (unpaired) electrons. The lowest BCUT2D eigenvalue weighted by atomic mass is 10.2. The first kappa shape index (κ1) is 21.0. The minimum atomic E-state index is -0.136. The Kier molecular flexibility index (Phi) is 8.22. The first-order valence-corrected chi connectivity index (χ1v) is 10.2. The molecule has 0 spiro atoms. The summed E-state index contributed by atoms with van der Waals surface area (Å²) < 4.78 is 4.98. The smallest absolute Gasteiger partial charge is 0.269 e. The molecule has 1 aromatic carbocycles. The van der Waals surface area contributed by atoms with Crippen LogP contribution in [0.2, 0.25) is 0 Å². The lowest BCUT2D eigenvalue weighted by Gasteiger charge is -2.35. The van der Waals surface area contributed by atoms with E-state index >= 15 is 0 Å². The van der Waals surface area contributed by atoms with Gasteiger partial charge in [-0.3, -0.25) is 9.69 Å². The highest BCUT2D eigenvalue weighted by Gasteiger charge is 2.17. The Balaban J connectivity index is 1.42. The maximum Gasteiger partial charge on any atom is 0.269 e. The molecule has 0 unspecified atom stereocenters. The summed E-state index contributed by atoms with van der Waals surface area (Å²) in [6.07, 6.45) is 7.00. The molecule has 2 heterocycles. The second kappa shape index (κ2) is 11.3. The standard InChI is InChI=1S/C23H30N4O2/c1-29-18-6-12-24-23(28)22-11-10-21(19-25-22)27-16-14-26(15-17-27)13-5-9-20-7-3-2-4-8-20/h2-5,7-11,19H,6,12-18H2,1H3,(H,24,28)/b9-5+. The Morgan fingerprint density at radius 1 is 1.14 bits per heavy atom. The van der Waals surface area contributed by atoms with E-state index in [1.165, 1.54) is 5.56 Å². The maximum atomic E-state index is 12.1. The van der Waals surface area contributed by atoms with E-state index < -0.39 is 0 Å². The molecule has 154 valence electrons. The molecule has 2 aromatic rings. The fourth-order valence-electron chi connectivity index (χ4n) is 3.31. The monoisotopic (exact) mass is 394 g/mol. The number of amides is 1. The van der Waals surface area contributed by atoms with E-state index in [1.807, 2.05) is 12.1 Å². The molecule has 0 bridgehead atoms. The van der Waals surface area contributed by atoms with Gasteiger partial charge in [0, 0.05) is 53.0 Å². The molecule has 29 heavy (non-hydrogen) atoms. The van der Waals surface area contributed by atoms with Gasteiger partial charge in [0.25, 0.3) is 5.91 Å². The quantitative estimate of drug-likeness (QED) is 0.663. The number of pyridine rings is 1. The van der Waals surface area contributed by atoms with Crippen molar-refractivity contribution < 1.29 is 9.53 Å². The number of anilines is 1. The first-order chi connectivity index (χ1) is 14.3. The maximum absolute atomic E-state index is 12.1. The van der Waals surface area contributed by atoms with Crippen molar-refractivity contribution in [3.05, 3.63) is 66.0 Å². The molecule has 1 aliphatic rings. The van der Waals surface area contributed by atoms with Gasteiger partial charge in [-0.25, -0.2) is 4.98 Å². The molecule has 1 N–H and O–H groups in total. The summed E-state index contributed by atoms with van der Waals surface area (Å²) in [6, 6.07) is 14.2. The van der Waals surface area contributed by atoms with Crippen molar-refractivity contribution in [2.45, 2.75) is 6.42 Å². The number of nitrogens with one attached hydrogen (secondary N) is 1. The third-order valence-corrected chi connectivity index (χ3v) is 5.00. The van der Waals surface area contributed by atoms with E-state index in [9.17, 15) is 4.79 Å². The summed E-state index contributed by atoms with van der Waals surface area (Å²) in [6.45, 7) is 6.15. The molecular formula is C23H30N4O2. The highest BCUT2D eigenvalue weighted by molar-refractivity contribution is 5.92. The second-order valence-corrected chi connectivity index (χ2v) is 7.10. The van der Waals surface area contributed by atoms with E-state index in [-0.39, 0.29) is 5.91 Å². The number of ether oxygens (including phenoxy) is 1. The number of methoxy groups -OCH3 is 1. The van der Waals surface area contributed by atoms with Crippen LogP contribution >= 0.6 is 0 Å². The average Bonchev–Trinajstić information content (AvgIpc) is 2.78. The van der Waals surface area contributed by atoms with Crippen LogP contribution < -0.4 is 10.2 Å². The van der Waals surface area contributed by atoms with E-state index in [2.05, 4.69) is 56.5 Å². The van der Waals surface area contributed by atoms with Crippen LogP contribution in [0.1, 0.15) is 22.5 Å².